The second-order valence-corrected chi connectivity index (χ2v) is 12.7. The summed E-state index contributed by atoms with van der Waals surface area (Å²) in [6, 6.07) is 16.0. The Morgan fingerprint density at radius 2 is 2.10 bits per heavy atom. The molecule has 4 aromatic rings. The number of ether oxygens (including phenoxy) is 1. The van der Waals surface area contributed by atoms with E-state index in [1.54, 1.807) is 24.8 Å². The van der Waals surface area contributed by atoms with E-state index in [1.807, 2.05) is 46.7 Å². The highest BCUT2D eigenvalue weighted by molar-refractivity contribution is 7.18. The molecule has 1 aliphatic heterocycles. The summed E-state index contributed by atoms with van der Waals surface area (Å²) in [6.45, 7) is 5.11. The second kappa shape index (κ2) is 12.5. The fraction of sp³-hybridized carbons (Fsp3) is 0.469. The predicted octanol–water partition coefficient (Wildman–Crippen LogP) is 4.88. The second-order valence-electron chi connectivity index (χ2n) is 11.5. The topological polar surface area (TPSA) is 105 Å². The van der Waals surface area contributed by atoms with Crippen molar-refractivity contribution in [2.45, 2.75) is 56.7 Å². The Morgan fingerprint density at radius 3 is 2.93 bits per heavy atom. The van der Waals surface area contributed by atoms with E-state index >= 15 is 0 Å². The molecule has 9 nitrogen and oxygen atoms in total. The number of nitrogens with one attached hydrogen (secondary N) is 2. The van der Waals surface area contributed by atoms with Crippen molar-refractivity contribution in [2.75, 3.05) is 45.2 Å². The van der Waals surface area contributed by atoms with Crippen molar-refractivity contribution in [3.63, 3.8) is 0 Å². The lowest BCUT2D eigenvalue weighted by Crippen LogP contribution is -2.54. The number of carbonyl (C=O) groups excluding carboxylic acids is 1. The normalized spacial score (nSPS) is 22.9. The number of imidazole rings is 1. The van der Waals surface area contributed by atoms with Crippen LogP contribution in [0.1, 0.15) is 53.6 Å². The van der Waals surface area contributed by atoms with Crippen LogP contribution in [0, 0.1) is 6.92 Å². The van der Waals surface area contributed by atoms with E-state index in [2.05, 4.69) is 33.8 Å². The molecule has 2 fully saturated rings. The molecular formula is C32H40N6O3S. The van der Waals surface area contributed by atoms with Crippen LogP contribution in [0.2, 0.25) is 0 Å². The van der Waals surface area contributed by atoms with Crippen molar-refractivity contribution in [1.29, 1.82) is 0 Å². The molecule has 3 heterocycles. The van der Waals surface area contributed by atoms with Crippen LogP contribution in [0.3, 0.4) is 0 Å². The van der Waals surface area contributed by atoms with E-state index in [1.165, 1.54) is 4.70 Å². The summed E-state index contributed by atoms with van der Waals surface area (Å²) in [5.74, 6) is -0.0632. The molecular weight excluding hydrogens is 548 g/mol. The predicted molar refractivity (Wildman–Crippen MR) is 167 cm³/mol. The summed E-state index contributed by atoms with van der Waals surface area (Å²) in [6.07, 6.45) is 5.97. The van der Waals surface area contributed by atoms with Gasteiger partial charge in [-0.2, -0.15) is 0 Å². The fourth-order valence-corrected chi connectivity index (χ4v) is 7.48. The van der Waals surface area contributed by atoms with E-state index in [-0.39, 0.29) is 24.6 Å². The van der Waals surface area contributed by atoms with E-state index < -0.39 is 5.60 Å². The summed E-state index contributed by atoms with van der Waals surface area (Å²) in [5.41, 5.74) is 3.21. The van der Waals surface area contributed by atoms with E-state index in [0.717, 1.165) is 72.8 Å². The first-order valence-electron chi connectivity index (χ1n) is 14.9. The Bertz CT molecular complexity index is 1520. The van der Waals surface area contributed by atoms with Gasteiger partial charge in [-0.1, -0.05) is 43.2 Å². The van der Waals surface area contributed by atoms with E-state index in [4.69, 9.17) is 9.72 Å². The molecule has 0 spiro atoms. The maximum atomic E-state index is 14.3. The van der Waals surface area contributed by atoms with Crippen LogP contribution < -0.4 is 10.6 Å². The van der Waals surface area contributed by atoms with Gasteiger partial charge in [-0.15, -0.1) is 11.3 Å². The van der Waals surface area contributed by atoms with Crippen molar-refractivity contribution in [2.24, 2.45) is 0 Å². The summed E-state index contributed by atoms with van der Waals surface area (Å²) in [5, 5.41) is 19.7. The quantitative estimate of drug-likeness (QED) is 0.256. The molecule has 1 saturated carbocycles. The number of benzene rings is 2. The highest BCUT2D eigenvalue weighted by Gasteiger charge is 2.42. The molecule has 42 heavy (non-hydrogen) atoms. The Labute approximate surface area is 250 Å². The van der Waals surface area contributed by atoms with E-state index in [9.17, 15) is 9.90 Å². The van der Waals surface area contributed by atoms with Gasteiger partial charge in [-0.25, -0.2) is 9.97 Å². The number of nitrogens with zero attached hydrogens (tertiary/aromatic N) is 4. The van der Waals surface area contributed by atoms with Crippen molar-refractivity contribution in [1.82, 2.24) is 24.8 Å². The van der Waals surface area contributed by atoms with Crippen LogP contribution in [0.4, 0.5) is 5.69 Å². The van der Waals surface area contributed by atoms with Crippen molar-refractivity contribution in [3.05, 3.63) is 65.6 Å². The van der Waals surface area contributed by atoms with Gasteiger partial charge in [0, 0.05) is 50.6 Å². The van der Waals surface area contributed by atoms with Crippen LogP contribution in [-0.4, -0.2) is 82.0 Å². The van der Waals surface area contributed by atoms with Gasteiger partial charge in [0.25, 0.3) is 5.91 Å². The molecule has 0 bridgehead atoms. The number of aliphatic hydroxyl groups is 1. The molecule has 10 heteroatoms. The summed E-state index contributed by atoms with van der Waals surface area (Å²) in [4.78, 5) is 25.6. The number of fused-ring (bicyclic) bond motifs is 1. The summed E-state index contributed by atoms with van der Waals surface area (Å²) >= 11 is 1.70. The third-order valence-electron chi connectivity index (χ3n) is 8.64. The molecule has 2 aromatic heterocycles. The first kappa shape index (κ1) is 28.8. The largest absolute Gasteiger partial charge is 0.385 e. The van der Waals surface area contributed by atoms with Crippen LogP contribution in [0.5, 0.6) is 0 Å². The molecule has 6 rings (SSSR count). The van der Waals surface area contributed by atoms with Crippen LogP contribution in [0.15, 0.2) is 54.9 Å². The van der Waals surface area contributed by atoms with Crippen LogP contribution >= 0.6 is 11.3 Å². The molecule has 3 N–H and O–H groups in total. The number of rotatable bonds is 9. The maximum absolute atomic E-state index is 14.3. The number of piperazine rings is 1. The zero-order valence-electron chi connectivity index (χ0n) is 24.4. The van der Waals surface area contributed by atoms with Gasteiger partial charge in [0.1, 0.15) is 5.60 Å². The zero-order chi connectivity index (χ0) is 29.1. The lowest BCUT2D eigenvalue weighted by molar-refractivity contribution is -0.0893. The van der Waals surface area contributed by atoms with Gasteiger partial charge in [-0.05, 0) is 44.4 Å². The Hall–Kier alpha value is -3.31. The van der Waals surface area contributed by atoms with Crippen molar-refractivity contribution >= 4 is 33.1 Å². The first-order chi connectivity index (χ1) is 20.5. The van der Waals surface area contributed by atoms with E-state index in [0.29, 0.717) is 18.7 Å². The van der Waals surface area contributed by atoms with Crippen molar-refractivity contribution in [3.8, 4) is 11.3 Å². The lowest BCUT2D eigenvalue weighted by atomic mass is 9.80. The minimum absolute atomic E-state index is 0.0296. The maximum Gasteiger partial charge on any atom is 0.275 e. The molecule has 2 aliphatic rings. The SMILES string of the molecule is COC[C@]1(O)CCCC[C@H]1n1cnc(C(=O)N2CCNC[C@H]2CCNc2ccc3nc(C)sc3c2)c1-c1ccccc1. The monoisotopic (exact) mass is 588 g/mol. The van der Waals surface area contributed by atoms with Gasteiger partial charge in [0.15, 0.2) is 5.69 Å². The number of methoxy groups -OCH3 is 1. The van der Waals surface area contributed by atoms with Gasteiger partial charge < -0.3 is 29.9 Å². The number of hydrogen-bond donors (Lipinski definition) is 3. The Balaban J connectivity index is 1.25. The number of amides is 1. The molecule has 0 radical (unpaired) electrons. The number of anilines is 1. The third kappa shape index (κ3) is 5.81. The highest BCUT2D eigenvalue weighted by atomic mass is 32.1. The fourth-order valence-electron chi connectivity index (χ4n) is 6.61. The molecule has 3 atom stereocenters. The number of aryl methyl sites for hydroxylation is 1. The number of hydrogen-bond acceptors (Lipinski definition) is 8. The van der Waals surface area contributed by atoms with Gasteiger partial charge in [0.2, 0.25) is 0 Å². The molecule has 1 amide bonds. The summed E-state index contributed by atoms with van der Waals surface area (Å²) < 4.78 is 8.67. The molecule has 1 aliphatic carbocycles. The van der Waals surface area contributed by atoms with Gasteiger partial charge in [-0.3, -0.25) is 4.79 Å². The van der Waals surface area contributed by atoms with Gasteiger partial charge in [0.05, 0.1) is 39.9 Å². The third-order valence-corrected chi connectivity index (χ3v) is 9.58. The average Bonchev–Trinajstić information content (AvgIpc) is 3.60. The van der Waals surface area contributed by atoms with Crippen molar-refractivity contribution < 1.29 is 14.6 Å². The lowest BCUT2D eigenvalue weighted by Gasteiger charge is -2.41. The van der Waals surface area contributed by atoms with Gasteiger partial charge >= 0.3 is 0 Å². The summed E-state index contributed by atoms with van der Waals surface area (Å²) in [7, 11) is 1.63. The molecule has 1 saturated heterocycles. The Morgan fingerprint density at radius 1 is 1.24 bits per heavy atom. The first-order valence-corrected chi connectivity index (χ1v) is 15.7. The Kier molecular flexibility index (Phi) is 8.57. The minimum atomic E-state index is -1.01. The molecule has 0 unspecified atom stereocenters. The van der Waals surface area contributed by atoms with Crippen LogP contribution in [-0.2, 0) is 4.74 Å². The molecule has 222 valence electrons. The average molecular weight is 589 g/mol. The standard InChI is InChI=1S/C32H40N6O3S/c1-22-36-26-12-11-24(18-27(26)42-22)34-15-13-25-19-33-16-17-37(25)31(39)29-30(23-8-4-3-5-9-23)38(21-35-29)28-10-6-7-14-32(28,40)20-41-2/h3-5,8-9,11-12,18,21,25,28,33-34,40H,6-7,10,13-17,19-20H2,1-2H3/t25-,28-,32-/m1/s1. The zero-order valence-corrected chi connectivity index (χ0v) is 25.2. The minimum Gasteiger partial charge on any atom is -0.385 e. The number of thiazole rings is 1. The highest BCUT2D eigenvalue weighted by Crippen LogP contribution is 2.41. The molecule has 2 aromatic carbocycles. The smallest absolute Gasteiger partial charge is 0.275 e. The van der Waals surface area contributed by atoms with Crippen LogP contribution in [0.25, 0.3) is 21.5 Å². The number of aromatic nitrogens is 3. The number of carbonyl (C=O) groups is 1.